The van der Waals surface area contributed by atoms with Crippen molar-refractivity contribution in [2.75, 3.05) is 18.1 Å². The Morgan fingerprint density at radius 2 is 1.80 bits per heavy atom. The van der Waals surface area contributed by atoms with E-state index in [1.165, 1.54) is 42.3 Å². The molecule has 210 valence electrons. The largest absolute Gasteiger partial charge is 0.453 e. The van der Waals surface area contributed by atoms with Gasteiger partial charge in [-0.25, -0.2) is 9.78 Å². The van der Waals surface area contributed by atoms with Crippen LogP contribution in [0.15, 0.2) is 66.1 Å². The second-order valence-electron chi connectivity index (χ2n) is 8.37. The number of hydrogen-bond donors (Lipinski definition) is 4. The molecule has 2 aromatic carbocycles. The van der Waals surface area contributed by atoms with Gasteiger partial charge in [-0.05, 0) is 35.9 Å². The molecular formula is C27H28N4O6S3. The summed E-state index contributed by atoms with van der Waals surface area (Å²) in [6, 6.07) is 14.0. The Balaban J connectivity index is 1.91. The highest BCUT2D eigenvalue weighted by Crippen LogP contribution is 2.30. The van der Waals surface area contributed by atoms with E-state index in [0.717, 1.165) is 16.0 Å². The number of carbonyl (C=O) groups excluding carboxylic acids is 2. The molecule has 3 aromatic rings. The van der Waals surface area contributed by atoms with Gasteiger partial charge in [-0.2, -0.15) is 8.42 Å². The molecule has 0 radical (unpaired) electrons. The van der Waals surface area contributed by atoms with Crippen LogP contribution in [0.3, 0.4) is 0 Å². The highest BCUT2D eigenvalue weighted by molar-refractivity contribution is 8.07. The van der Waals surface area contributed by atoms with Crippen LogP contribution in [0.5, 0.6) is 0 Å². The minimum absolute atomic E-state index is 0.178. The lowest BCUT2D eigenvalue weighted by molar-refractivity contribution is -0.123. The van der Waals surface area contributed by atoms with Crippen molar-refractivity contribution >= 4 is 56.0 Å². The zero-order chi connectivity index (χ0) is 29.1. The maximum atomic E-state index is 13.5. The smallest absolute Gasteiger partial charge is 0.407 e. The number of alkyl carbamates (subject to hydrolysis) is 1. The molecule has 0 aliphatic carbocycles. The van der Waals surface area contributed by atoms with Crippen molar-refractivity contribution in [3.8, 4) is 12.3 Å². The molecule has 0 unspecified atom stereocenters. The first-order valence-corrected chi connectivity index (χ1v) is 15.3. The highest BCUT2D eigenvalue weighted by Gasteiger charge is 2.26. The Bertz CT molecular complexity index is 1480. The normalized spacial score (nSPS) is 13.0. The molecule has 40 heavy (non-hydrogen) atoms. The van der Waals surface area contributed by atoms with Crippen LogP contribution in [0.4, 0.5) is 10.5 Å². The highest BCUT2D eigenvalue weighted by atomic mass is 32.2. The fraction of sp³-hybridized carbons (Fsp3) is 0.222. The lowest BCUT2D eigenvalue weighted by Gasteiger charge is -2.23. The van der Waals surface area contributed by atoms with Crippen LogP contribution >= 0.6 is 23.1 Å². The van der Waals surface area contributed by atoms with Gasteiger partial charge in [-0.3, -0.25) is 14.1 Å². The van der Waals surface area contributed by atoms with E-state index in [-0.39, 0.29) is 12.1 Å². The standard InChI is InChI=1S/C27H28N4O6S3/c1-4-8-24(38-3)26-29-23(17-39-26)21(15-19-11-13-20(14-12-19)31-40(34,35)36)28-25(32)22(30-27(33)37-2)16-18-9-6-5-7-10-18/h1,5-14,17,21-22,31H,15-16H2,2-3H3,(H,28,32)(H,30,33)(H,34,35,36)/b24-8-/t21-,22-/m0/s1. The molecule has 3 rings (SSSR count). The van der Waals surface area contributed by atoms with E-state index in [1.807, 2.05) is 46.7 Å². The van der Waals surface area contributed by atoms with Gasteiger partial charge in [-0.1, -0.05) is 48.4 Å². The van der Waals surface area contributed by atoms with Gasteiger partial charge in [0.1, 0.15) is 11.0 Å². The number of thioether (sulfide) groups is 1. The number of rotatable bonds is 12. The molecule has 0 aliphatic rings. The van der Waals surface area contributed by atoms with E-state index in [2.05, 4.69) is 16.6 Å². The number of nitrogens with zero attached hydrogens (tertiary/aromatic N) is 1. The summed E-state index contributed by atoms with van der Waals surface area (Å²) in [6.07, 6.45) is 8.75. The van der Waals surface area contributed by atoms with Crippen molar-refractivity contribution in [2.45, 2.75) is 24.9 Å². The SMILES string of the molecule is C#C/C=C(\SC)c1nc([C@H](Cc2ccc(NS(=O)(=O)O)cc2)NC(=O)[C@H](Cc2ccccc2)NC(=O)OC)cs1. The number of thiazole rings is 1. The number of amides is 2. The molecule has 1 aromatic heterocycles. The maximum Gasteiger partial charge on any atom is 0.407 e. The minimum atomic E-state index is -4.41. The number of terminal acetylenes is 1. The van der Waals surface area contributed by atoms with E-state index in [4.69, 9.17) is 20.7 Å². The summed E-state index contributed by atoms with van der Waals surface area (Å²) in [7, 11) is -3.19. The number of methoxy groups -OCH3 is 1. The molecule has 10 nitrogen and oxygen atoms in total. The molecule has 0 bridgehead atoms. The molecule has 0 saturated carbocycles. The molecule has 0 aliphatic heterocycles. The number of benzene rings is 2. The van der Waals surface area contributed by atoms with Crippen LogP contribution in [0.1, 0.15) is 27.9 Å². The lowest BCUT2D eigenvalue weighted by Crippen LogP contribution is -2.49. The number of aromatic nitrogens is 1. The fourth-order valence-corrected chi connectivity index (χ4v) is 5.72. The zero-order valence-electron chi connectivity index (χ0n) is 21.7. The van der Waals surface area contributed by atoms with E-state index >= 15 is 0 Å². The van der Waals surface area contributed by atoms with Crippen molar-refractivity contribution in [1.29, 1.82) is 0 Å². The molecule has 2 atom stereocenters. The first-order valence-electron chi connectivity index (χ1n) is 11.8. The van der Waals surface area contributed by atoms with E-state index in [0.29, 0.717) is 17.1 Å². The average molecular weight is 601 g/mol. The first-order chi connectivity index (χ1) is 19.1. The summed E-state index contributed by atoms with van der Waals surface area (Å²) in [5.41, 5.74) is 2.36. The van der Waals surface area contributed by atoms with Crippen molar-refractivity contribution in [3.05, 3.63) is 87.9 Å². The third kappa shape index (κ3) is 9.42. The van der Waals surface area contributed by atoms with Crippen LogP contribution in [-0.4, -0.2) is 49.4 Å². The summed E-state index contributed by atoms with van der Waals surface area (Å²) in [4.78, 5) is 31.1. The number of carbonyl (C=O) groups is 2. The Hall–Kier alpha value is -3.83. The number of ether oxygens (including phenoxy) is 1. The van der Waals surface area contributed by atoms with Gasteiger partial charge in [0.25, 0.3) is 0 Å². The van der Waals surface area contributed by atoms with Crippen molar-refractivity contribution in [2.24, 2.45) is 0 Å². The quantitative estimate of drug-likeness (QED) is 0.180. The second kappa shape index (κ2) is 14.5. The summed E-state index contributed by atoms with van der Waals surface area (Å²) >= 11 is 2.83. The van der Waals surface area contributed by atoms with Crippen molar-refractivity contribution in [1.82, 2.24) is 15.6 Å². The zero-order valence-corrected chi connectivity index (χ0v) is 24.1. The molecule has 0 saturated heterocycles. The third-order valence-corrected chi connectivity index (χ3v) is 7.83. The van der Waals surface area contributed by atoms with E-state index < -0.39 is 34.4 Å². The van der Waals surface area contributed by atoms with Crippen LogP contribution in [0.25, 0.3) is 4.91 Å². The monoisotopic (exact) mass is 600 g/mol. The van der Waals surface area contributed by atoms with Crippen molar-refractivity contribution in [3.63, 3.8) is 0 Å². The molecule has 4 N–H and O–H groups in total. The number of allylic oxidation sites excluding steroid dienone is 1. The summed E-state index contributed by atoms with van der Waals surface area (Å²) in [5.74, 6) is 2.06. The van der Waals surface area contributed by atoms with Gasteiger partial charge < -0.3 is 15.4 Å². The Labute approximate surface area is 241 Å². The maximum absolute atomic E-state index is 13.5. The Kier molecular flexibility index (Phi) is 11.2. The van der Waals surface area contributed by atoms with Gasteiger partial charge in [0.05, 0.1) is 29.4 Å². The van der Waals surface area contributed by atoms with Gasteiger partial charge >= 0.3 is 16.4 Å². The predicted molar refractivity (Wildman–Crippen MR) is 158 cm³/mol. The van der Waals surface area contributed by atoms with E-state index in [1.54, 1.807) is 18.2 Å². The number of hydrogen-bond acceptors (Lipinski definition) is 8. The number of nitrogens with one attached hydrogen (secondary N) is 3. The molecule has 2 amide bonds. The Morgan fingerprint density at radius 1 is 1.12 bits per heavy atom. The molecule has 0 spiro atoms. The lowest BCUT2D eigenvalue weighted by atomic mass is 10.0. The molecule has 1 heterocycles. The van der Waals surface area contributed by atoms with Gasteiger partial charge in [0.15, 0.2) is 0 Å². The first kappa shape index (κ1) is 30.7. The van der Waals surface area contributed by atoms with Crippen LogP contribution < -0.4 is 15.4 Å². The predicted octanol–water partition coefficient (Wildman–Crippen LogP) is 4.06. The average Bonchev–Trinajstić information content (AvgIpc) is 3.41. The molecule has 13 heteroatoms. The summed E-state index contributed by atoms with van der Waals surface area (Å²) in [5, 5.41) is 8.13. The minimum Gasteiger partial charge on any atom is -0.453 e. The van der Waals surface area contributed by atoms with Crippen LogP contribution in [0, 0.1) is 12.3 Å². The van der Waals surface area contributed by atoms with Gasteiger partial charge in [0.2, 0.25) is 5.91 Å². The van der Waals surface area contributed by atoms with Gasteiger partial charge in [0, 0.05) is 17.9 Å². The topological polar surface area (TPSA) is 147 Å². The van der Waals surface area contributed by atoms with Gasteiger partial charge in [-0.15, -0.1) is 29.5 Å². The summed E-state index contributed by atoms with van der Waals surface area (Å²) in [6.45, 7) is 0. The summed E-state index contributed by atoms with van der Waals surface area (Å²) < 4.78 is 38.0. The molecule has 0 fully saturated rings. The van der Waals surface area contributed by atoms with Crippen LogP contribution in [-0.2, 0) is 32.7 Å². The van der Waals surface area contributed by atoms with Crippen LogP contribution in [0.2, 0.25) is 0 Å². The fourth-order valence-electron chi connectivity index (χ4n) is 3.70. The second-order valence-corrected chi connectivity index (χ2v) is 11.2. The number of anilines is 1. The molecular weight excluding hydrogens is 573 g/mol. The third-order valence-electron chi connectivity index (χ3n) is 5.56. The van der Waals surface area contributed by atoms with E-state index in [9.17, 15) is 18.0 Å². The van der Waals surface area contributed by atoms with Crippen molar-refractivity contribution < 1.29 is 27.3 Å². The Morgan fingerprint density at radius 3 is 2.40 bits per heavy atom.